The number of fused-ring (bicyclic) bond motifs is 10. The van der Waals surface area contributed by atoms with E-state index in [0.717, 1.165) is 25.7 Å². The van der Waals surface area contributed by atoms with E-state index < -0.39 is 0 Å². The van der Waals surface area contributed by atoms with Gasteiger partial charge in [-0.1, -0.05) is 251 Å². The molecule has 4 nitrogen and oxygen atoms in total. The van der Waals surface area contributed by atoms with E-state index in [1.165, 1.54) is 167 Å². The van der Waals surface area contributed by atoms with E-state index in [1.54, 1.807) is 0 Å². The van der Waals surface area contributed by atoms with Crippen LogP contribution in [0.1, 0.15) is 75.0 Å². The maximum Gasteiger partial charge on any atom is 0.252 e. The molecule has 4 aliphatic rings. The summed E-state index contributed by atoms with van der Waals surface area (Å²) in [6.07, 6.45) is 4.47. The zero-order valence-electron chi connectivity index (χ0n) is 52.6. The molecule has 5 heteroatoms. The van der Waals surface area contributed by atoms with E-state index in [0.29, 0.717) is 11.8 Å². The van der Waals surface area contributed by atoms with Crippen molar-refractivity contribution in [1.29, 1.82) is 0 Å². The van der Waals surface area contributed by atoms with Gasteiger partial charge in [-0.3, -0.25) is 0 Å². The Kier molecular flexibility index (Phi) is 12.1. The Hall–Kier alpha value is -10.9. The van der Waals surface area contributed by atoms with Gasteiger partial charge in [0.25, 0.3) is 6.71 Å². The minimum absolute atomic E-state index is 0.147. The SMILES string of the molecule is CC(C)(C)c1cc2c3c(c1)N(c1cc(-c4ccccc4)ccc1-c1ccccc1)c1c(ccc(-n4c5ccccc5c5ccccc54)c1C1CC1)B3c1ccc(-n3c4ccccc4c4ccccc43)c(C3CC3)c1N2c1cc(-c2ccccc2)ccc1-c1ccccc1. The molecule has 0 atom stereocenters. The number of hydrogen-bond acceptors (Lipinski definition) is 2. The lowest BCUT2D eigenvalue weighted by molar-refractivity contribution is 0.590. The fourth-order valence-corrected chi connectivity index (χ4v) is 16.2. The molecule has 442 valence electrons. The van der Waals surface area contributed by atoms with Gasteiger partial charge in [-0.05, 0) is 159 Å². The maximum absolute atomic E-state index is 2.80. The number of para-hydroxylation sites is 4. The van der Waals surface area contributed by atoms with Crippen LogP contribution in [0, 0.1) is 0 Å². The van der Waals surface area contributed by atoms with E-state index in [2.05, 4.69) is 331 Å². The number of hydrogen-bond donors (Lipinski definition) is 0. The highest BCUT2D eigenvalue weighted by Gasteiger charge is 2.50. The second-order valence-corrected chi connectivity index (χ2v) is 27.4. The van der Waals surface area contributed by atoms with Crippen molar-refractivity contribution in [3.63, 3.8) is 0 Å². The van der Waals surface area contributed by atoms with E-state index in [9.17, 15) is 0 Å². The molecule has 93 heavy (non-hydrogen) atoms. The molecule has 13 aromatic carbocycles. The van der Waals surface area contributed by atoms with E-state index in [1.807, 2.05) is 0 Å². The number of rotatable bonds is 10. The van der Waals surface area contributed by atoms with Crippen LogP contribution in [0.2, 0.25) is 0 Å². The molecule has 0 N–H and O–H groups in total. The van der Waals surface area contributed by atoms with Crippen molar-refractivity contribution in [3.8, 4) is 55.9 Å². The lowest BCUT2D eigenvalue weighted by Crippen LogP contribution is -2.62. The molecule has 2 aliphatic heterocycles. The largest absolute Gasteiger partial charge is 0.310 e. The van der Waals surface area contributed by atoms with Gasteiger partial charge in [-0.2, -0.15) is 0 Å². The van der Waals surface area contributed by atoms with Crippen LogP contribution in [0.25, 0.3) is 99.5 Å². The minimum Gasteiger partial charge on any atom is -0.310 e. The smallest absolute Gasteiger partial charge is 0.252 e. The van der Waals surface area contributed by atoms with Crippen molar-refractivity contribution >= 4 is 101 Å². The highest BCUT2D eigenvalue weighted by Crippen LogP contribution is 2.58. The average Bonchev–Trinajstić information content (AvgIpc) is 1.62. The third-order valence-electron chi connectivity index (χ3n) is 20.8. The molecule has 0 unspecified atom stereocenters. The van der Waals surface area contributed by atoms with Crippen LogP contribution in [-0.4, -0.2) is 15.8 Å². The number of anilines is 6. The molecule has 15 aromatic rings. The van der Waals surface area contributed by atoms with Gasteiger partial charge in [0.2, 0.25) is 0 Å². The molecule has 0 saturated heterocycles. The van der Waals surface area contributed by atoms with Gasteiger partial charge in [0.15, 0.2) is 0 Å². The quantitative estimate of drug-likeness (QED) is 0.127. The summed E-state index contributed by atoms with van der Waals surface area (Å²) in [5.74, 6) is 0.658. The number of aromatic nitrogens is 2. The van der Waals surface area contributed by atoms with Crippen molar-refractivity contribution in [2.24, 2.45) is 0 Å². The molecule has 0 radical (unpaired) electrons. The highest BCUT2D eigenvalue weighted by molar-refractivity contribution is 7.00. The zero-order valence-corrected chi connectivity index (χ0v) is 52.6. The summed E-state index contributed by atoms with van der Waals surface area (Å²) in [6, 6.07) is 111. The molecule has 19 rings (SSSR count). The normalized spacial score (nSPS) is 14.3. The minimum atomic E-state index is -0.268. The summed E-state index contributed by atoms with van der Waals surface area (Å²) >= 11 is 0. The van der Waals surface area contributed by atoms with Crippen LogP contribution in [0.4, 0.5) is 34.1 Å². The van der Waals surface area contributed by atoms with Gasteiger partial charge < -0.3 is 18.9 Å². The number of benzene rings is 13. The van der Waals surface area contributed by atoms with Crippen molar-refractivity contribution < 1.29 is 0 Å². The predicted molar refractivity (Wildman–Crippen MR) is 394 cm³/mol. The van der Waals surface area contributed by atoms with E-state index in [4.69, 9.17) is 0 Å². The summed E-state index contributed by atoms with van der Waals surface area (Å²) < 4.78 is 5.23. The van der Waals surface area contributed by atoms with E-state index >= 15 is 0 Å². The van der Waals surface area contributed by atoms with Crippen molar-refractivity contribution in [1.82, 2.24) is 9.13 Å². The van der Waals surface area contributed by atoms with Gasteiger partial charge in [0, 0.05) is 66.5 Å². The Morgan fingerprint density at radius 2 is 0.634 bits per heavy atom. The monoisotopic (exact) mass is 1190 g/mol. The summed E-state index contributed by atoms with van der Waals surface area (Å²) in [5, 5.41) is 5.09. The molecule has 0 spiro atoms. The van der Waals surface area contributed by atoms with Crippen LogP contribution >= 0.6 is 0 Å². The topological polar surface area (TPSA) is 16.3 Å². The molecule has 2 fully saturated rings. The zero-order chi connectivity index (χ0) is 61.6. The van der Waals surface area contributed by atoms with Gasteiger partial charge in [-0.15, -0.1) is 0 Å². The molecule has 2 saturated carbocycles. The van der Waals surface area contributed by atoms with Gasteiger partial charge in [-0.25, -0.2) is 0 Å². The van der Waals surface area contributed by atoms with Gasteiger partial charge in [0.1, 0.15) is 0 Å². The molecule has 2 aliphatic carbocycles. The first-order valence-corrected chi connectivity index (χ1v) is 33.4. The summed E-state index contributed by atoms with van der Waals surface area (Å²) in [4.78, 5) is 5.60. The second-order valence-electron chi connectivity index (χ2n) is 27.4. The fraction of sp³-hybridized carbons (Fsp3) is 0.114. The second kappa shape index (κ2) is 20.8. The van der Waals surface area contributed by atoms with Gasteiger partial charge >= 0.3 is 0 Å². The van der Waals surface area contributed by atoms with Crippen LogP contribution < -0.4 is 26.2 Å². The lowest BCUT2D eigenvalue weighted by Gasteiger charge is -2.47. The van der Waals surface area contributed by atoms with Crippen LogP contribution in [0.15, 0.2) is 291 Å². The molecule has 0 amide bonds. The van der Waals surface area contributed by atoms with Crippen molar-refractivity contribution in [2.75, 3.05) is 9.80 Å². The van der Waals surface area contributed by atoms with E-state index in [-0.39, 0.29) is 12.1 Å². The molecular formula is C88H67BN4. The standard InChI is InChI=1S/C88H67BN4/c1-88(2,3)64-54-81-85-82(55-64)93(80-53-63(57-26-10-5-11-27-57)45-47-66(80)59-30-14-7-15-31-59)87-72(49-51-78(84(87)61-42-43-61)91-75-38-22-18-34-69(75)70-35-19-23-39-76(70)91)89(85)71-48-50-77(90-73-36-20-16-32-67(73)68-33-17-21-37-74(68)90)83(60-40-41-60)86(71)92(81)79-52-62(56-24-8-4-9-25-56)44-46-65(79)58-28-12-6-13-29-58/h4-39,44-55,60-61H,40-43H2,1-3H3. The average molecular weight is 1190 g/mol. The predicted octanol–water partition coefficient (Wildman–Crippen LogP) is 21.7. The third-order valence-corrected chi connectivity index (χ3v) is 20.8. The van der Waals surface area contributed by atoms with Crippen molar-refractivity contribution in [2.45, 2.75) is 63.7 Å². The number of nitrogens with zero attached hydrogens (tertiary/aromatic N) is 4. The molecule has 2 aromatic heterocycles. The summed E-state index contributed by atoms with van der Waals surface area (Å²) in [7, 11) is 0. The lowest BCUT2D eigenvalue weighted by atomic mass is 9.33. The van der Waals surface area contributed by atoms with Crippen LogP contribution in [0.5, 0.6) is 0 Å². The van der Waals surface area contributed by atoms with Gasteiger partial charge in [0.05, 0.1) is 44.8 Å². The van der Waals surface area contributed by atoms with Crippen molar-refractivity contribution in [3.05, 3.63) is 308 Å². The molecule has 4 heterocycles. The first-order chi connectivity index (χ1) is 45.8. The van der Waals surface area contributed by atoms with Crippen LogP contribution in [0.3, 0.4) is 0 Å². The molecule has 0 bridgehead atoms. The Bertz CT molecular complexity index is 5070. The fourth-order valence-electron chi connectivity index (χ4n) is 16.2. The summed E-state index contributed by atoms with van der Waals surface area (Å²) in [5.41, 5.74) is 32.3. The Balaban J connectivity index is 1.00. The first-order valence-electron chi connectivity index (χ1n) is 33.4. The van der Waals surface area contributed by atoms with Crippen LogP contribution in [-0.2, 0) is 5.41 Å². The maximum atomic E-state index is 2.80. The Morgan fingerprint density at radius 1 is 0.301 bits per heavy atom. The highest BCUT2D eigenvalue weighted by atomic mass is 15.2. The summed E-state index contributed by atoms with van der Waals surface area (Å²) in [6.45, 7) is 7.11. The third kappa shape index (κ3) is 8.45. The Morgan fingerprint density at radius 3 is 0.978 bits per heavy atom. The first kappa shape index (κ1) is 53.9. The molecular weight excluding hydrogens is 1120 g/mol. The Labute approximate surface area is 544 Å².